The molecule has 0 aliphatic heterocycles. The molecule has 0 heterocycles. The first kappa shape index (κ1) is 10.3. The molecule has 1 rings (SSSR count). The summed E-state index contributed by atoms with van der Waals surface area (Å²) in [6.45, 7) is 4.09. The fraction of sp³-hybridized carbons (Fsp3) is 0.364. The van der Waals surface area contributed by atoms with Gasteiger partial charge in [0.25, 0.3) is 0 Å². The molecule has 0 aliphatic carbocycles. The third kappa shape index (κ3) is 2.59. The molecular weight excluding hydrogens is 180 g/mol. The van der Waals surface area contributed by atoms with E-state index in [4.69, 9.17) is 0 Å². The second-order valence-corrected chi connectivity index (χ2v) is 3.61. The molecule has 0 N–H and O–H groups in total. The number of aryl methyl sites for hydroxylation is 2. The summed E-state index contributed by atoms with van der Waals surface area (Å²) >= 11 is 3.80. The predicted molar refractivity (Wildman–Crippen MR) is 58.5 cm³/mol. The van der Waals surface area contributed by atoms with E-state index in [-0.39, 0.29) is 5.12 Å². The Morgan fingerprint density at radius 2 is 2.15 bits per heavy atom. The van der Waals surface area contributed by atoms with Crippen molar-refractivity contribution in [1.82, 2.24) is 0 Å². The molecule has 0 spiro atoms. The highest BCUT2D eigenvalue weighted by atomic mass is 32.1. The lowest BCUT2D eigenvalue weighted by Gasteiger charge is -2.04. The summed E-state index contributed by atoms with van der Waals surface area (Å²) in [6.07, 6.45) is 2.20. The minimum absolute atomic E-state index is 0.152. The third-order valence-corrected chi connectivity index (χ3v) is 2.30. The lowest BCUT2D eigenvalue weighted by atomic mass is 10.0. The standard InChI is InChI=1S/C11H14OS/c1-3-4-9-5-6-10(11(12)13)8(2)7-9/h5-7H,3-4H2,1-2H3,(H,12,13). The molecule has 0 saturated heterocycles. The van der Waals surface area contributed by atoms with Gasteiger partial charge in [0.2, 0.25) is 5.12 Å². The largest absolute Gasteiger partial charge is 0.282 e. The molecule has 2 heteroatoms. The van der Waals surface area contributed by atoms with E-state index in [0.717, 1.165) is 18.4 Å². The van der Waals surface area contributed by atoms with Crippen LogP contribution in [0.4, 0.5) is 0 Å². The van der Waals surface area contributed by atoms with Gasteiger partial charge in [0, 0.05) is 5.56 Å². The Balaban J connectivity index is 2.98. The molecule has 1 aromatic rings. The van der Waals surface area contributed by atoms with Gasteiger partial charge in [-0.2, -0.15) is 0 Å². The maximum atomic E-state index is 11.0. The van der Waals surface area contributed by atoms with E-state index < -0.39 is 0 Å². The summed E-state index contributed by atoms with van der Waals surface area (Å²) < 4.78 is 0. The lowest BCUT2D eigenvalue weighted by Crippen LogP contribution is -1.95. The maximum Gasteiger partial charge on any atom is 0.216 e. The first-order valence-corrected chi connectivity index (χ1v) is 4.92. The van der Waals surface area contributed by atoms with Crippen molar-refractivity contribution < 1.29 is 4.79 Å². The maximum absolute atomic E-state index is 11.0. The monoisotopic (exact) mass is 194 g/mol. The zero-order chi connectivity index (χ0) is 9.84. The van der Waals surface area contributed by atoms with Crippen molar-refractivity contribution in [3.8, 4) is 0 Å². The van der Waals surface area contributed by atoms with Gasteiger partial charge in [-0.25, -0.2) is 0 Å². The van der Waals surface area contributed by atoms with Crippen molar-refractivity contribution in [2.24, 2.45) is 0 Å². The molecule has 0 fully saturated rings. The van der Waals surface area contributed by atoms with E-state index >= 15 is 0 Å². The van der Waals surface area contributed by atoms with Crippen LogP contribution in [-0.4, -0.2) is 5.12 Å². The van der Waals surface area contributed by atoms with E-state index in [1.807, 2.05) is 19.1 Å². The van der Waals surface area contributed by atoms with E-state index in [9.17, 15) is 4.79 Å². The number of hydrogen-bond donors (Lipinski definition) is 1. The molecule has 0 saturated carbocycles. The van der Waals surface area contributed by atoms with E-state index in [1.54, 1.807) is 0 Å². The highest BCUT2D eigenvalue weighted by Crippen LogP contribution is 2.14. The minimum atomic E-state index is -0.152. The second kappa shape index (κ2) is 4.47. The van der Waals surface area contributed by atoms with E-state index in [2.05, 4.69) is 25.6 Å². The van der Waals surface area contributed by atoms with Crippen LogP contribution in [0.3, 0.4) is 0 Å². The minimum Gasteiger partial charge on any atom is -0.282 e. The number of carbonyl (C=O) groups is 1. The van der Waals surface area contributed by atoms with Gasteiger partial charge in [0.05, 0.1) is 0 Å². The number of thiol groups is 1. The van der Waals surface area contributed by atoms with Gasteiger partial charge in [0.1, 0.15) is 0 Å². The molecule has 0 atom stereocenters. The van der Waals surface area contributed by atoms with Crippen LogP contribution in [0, 0.1) is 6.92 Å². The normalized spacial score (nSPS) is 10.1. The van der Waals surface area contributed by atoms with Crippen LogP contribution >= 0.6 is 12.6 Å². The van der Waals surface area contributed by atoms with E-state index in [1.165, 1.54) is 5.56 Å². The molecule has 13 heavy (non-hydrogen) atoms. The summed E-state index contributed by atoms with van der Waals surface area (Å²) in [6, 6.07) is 5.92. The van der Waals surface area contributed by atoms with Crippen molar-refractivity contribution in [2.75, 3.05) is 0 Å². The van der Waals surface area contributed by atoms with Gasteiger partial charge in [0.15, 0.2) is 0 Å². The quantitative estimate of drug-likeness (QED) is 0.732. The molecule has 1 aromatic carbocycles. The van der Waals surface area contributed by atoms with Gasteiger partial charge in [-0.05, 0) is 30.5 Å². The van der Waals surface area contributed by atoms with Crippen LogP contribution in [0.2, 0.25) is 0 Å². The molecular formula is C11H14OS. The van der Waals surface area contributed by atoms with Crippen molar-refractivity contribution >= 4 is 17.7 Å². The van der Waals surface area contributed by atoms with Crippen molar-refractivity contribution in [3.63, 3.8) is 0 Å². The van der Waals surface area contributed by atoms with Gasteiger partial charge in [-0.15, -0.1) is 12.6 Å². The van der Waals surface area contributed by atoms with Crippen LogP contribution in [0.25, 0.3) is 0 Å². The zero-order valence-electron chi connectivity index (χ0n) is 8.00. The van der Waals surface area contributed by atoms with Crippen LogP contribution in [-0.2, 0) is 6.42 Å². The Morgan fingerprint density at radius 1 is 1.46 bits per heavy atom. The Bertz CT molecular complexity index is 318. The highest BCUT2D eigenvalue weighted by molar-refractivity contribution is 7.97. The molecule has 0 radical (unpaired) electrons. The second-order valence-electron chi connectivity index (χ2n) is 3.20. The fourth-order valence-corrected chi connectivity index (χ4v) is 1.66. The fourth-order valence-electron chi connectivity index (χ4n) is 1.41. The molecule has 0 bridgehead atoms. The number of benzene rings is 1. The lowest BCUT2D eigenvalue weighted by molar-refractivity contribution is 0.109. The van der Waals surface area contributed by atoms with Crippen LogP contribution in [0.1, 0.15) is 34.8 Å². The molecule has 0 unspecified atom stereocenters. The Kier molecular flexibility index (Phi) is 3.55. The molecule has 0 amide bonds. The van der Waals surface area contributed by atoms with Crippen LogP contribution in [0.15, 0.2) is 18.2 Å². The summed E-state index contributed by atoms with van der Waals surface area (Å²) in [7, 11) is 0. The smallest absolute Gasteiger partial charge is 0.216 e. The highest BCUT2D eigenvalue weighted by Gasteiger charge is 2.04. The van der Waals surface area contributed by atoms with Crippen LogP contribution < -0.4 is 0 Å². The van der Waals surface area contributed by atoms with Crippen molar-refractivity contribution in [1.29, 1.82) is 0 Å². The topological polar surface area (TPSA) is 17.1 Å². The summed E-state index contributed by atoms with van der Waals surface area (Å²) in [4.78, 5) is 11.0. The van der Waals surface area contributed by atoms with Crippen molar-refractivity contribution in [2.45, 2.75) is 26.7 Å². The zero-order valence-corrected chi connectivity index (χ0v) is 8.90. The Labute approximate surface area is 84.6 Å². The summed E-state index contributed by atoms with van der Waals surface area (Å²) in [5, 5.41) is -0.152. The molecule has 70 valence electrons. The Hall–Kier alpha value is -0.760. The number of rotatable bonds is 3. The summed E-state index contributed by atoms with van der Waals surface area (Å²) in [5.74, 6) is 0. The number of hydrogen-bond acceptors (Lipinski definition) is 1. The average molecular weight is 194 g/mol. The van der Waals surface area contributed by atoms with Gasteiger partial charge in [-0.3, -0.25) is 4.79 Å². The van der Waals surface area contributed by atoms with Gasteiger partial charge < -0.3 is 0 Å². The molecule has 0 aliphatic rings. The predicted octanol–water partition coefficient (Wildman–Crippen LogP) is 3.02. The first-order chi connectivity index (χ1) is 6.15. The molecule has 1 nitrogen and oxygen atoms in total. The van der Waals surface area contributed by atoms with E-state index in [0.29, 0.717) is 5.56 Å². The summed E-state index contributed by atoms with van der Waals surface area (Å²) in [5.41, 5.74) is 3.02. The average Bonchev–Trinajstić information content (AvgIpc) is 2.04. The van der Waals surface area contributed by atoms with Crippen LogP contribution in [0.5, 0.6) is 0 Å². The van der Waals surface area contributed by atoms with Gasteiger partial charge >= 0.3 is 0 Å². The first-order valence-electron chi connectivity index (χ1n) is 4.48. The SMILES string of the molecule is CCCc1ccc(C(=O)S)c(C)c1. The third-order valence-electron chi connectivity index (χ3n) is 2.06. The molecule has 0 aromatic heterocycles. The number of carbonyl (C=O) groups excluding carboxylic acids is 1. The van der Waals surface area contributed by atoms with Crippen molar-refractivity contribution in [3.05, 3.63) is 34.9 Å². The Morgan fingerprint density at radius 3 is 2.62 bits per heavy atom. The van der Waals surface area contributed by atoms with Gasteiger partial charge in [-0.1, -0.05) is 25.5 Å².